The fourth-order valence-electron chi connectivity index (χ4n) is 10.9. The van der Waals surface area contributed by atoms with Crippen LogP contribution in [0.4, 0.5) is 4.79 Å². The topological polar surface area (TPSA) is 97.3 Å². The quantitative estimate of drug-likeness (QED) is 0.123. The Labute approximate surface area is 280 Å². The van der Waals surface area contributed by atoms with Gasteiger partial charge in [-0.25, -0.2) is 4.79 Å². The highest BCUT2D eigenvalue weighted by Crippen LogP contribution is 2.67. The first-order valence-electron chi connectivity index (χ1n) is 19.2. The first-order chi connectivity index (χ1) is 22.0. The molecule has 3 saturated carbocycles. The molecule has 5 rings (SSSR count). The number of carbonyl (C=O) groups is 1. The monoisotopic (exact) mass is 645 g/mol. The maximum atomic E-state index is 12.7. The fourth-order valence-corrected chi connectivity index (χ4v) is 10.9. The molecule has 11 atom stereocenters. The van der Waals surface area contributed by atoms with Crippen LogP contribution in [0, 0.1) is 46.3 Å². The number of amides is 1. The second-order valence-electron chi connectivity index (χ2n) is 16.9. The molecule has 4 fully saturated rings. The number of ether oxygens (including phenoxy) is 3. The van der Waals surface area contributed by atoms with Crippen molar-refractivity contribution in [3.8, 4) is 0 Å². The summed E-state index contributed by atoms with van der Waals surface area (Å²) in [4.78, 5) is 12.7. The number of alkyl carbamates (subject to hydrolysis) is 1. The molecule has 264 valence electrons. The number of allylic oxidation sites excluding steroid dienone is 1. The Morgan fingerprint density at radius 1 is 1.02 bits per heavy atom. The van der Waals surface area contributed by atoms with E-state index >= 15 is 0 Å². The van der Waals surface area contributed by atoms with Crippen LogP contribution >= 0.6 is 0 Å². The third-order valence-corrected chi connectivity index (χ3v) is 13.5. The van der Waals surface area contributed by atoms with Crippen molar-refractivity contribution in [3.63, 3.8) is 0 Å². The highest BCUT2D eigenvalue weighted by molar-refractivity contribution is 5.67. The number of aliphatic hydroxyl groups excluding tert-OH is 2. The van der Waals surface area contributed by atoms with Gasteiger partial charge in [-0.15, -0.1) is 0 Å². The van der Waals surface area contributed by atoms with Gasteiger partial charge in [0.1, 0.15) is 12.2 Å². The Morgan fingerprint density at radius 3 is 2.59 bits per heavy atom. The maximum absolute atomic E-state index is 12.7. The highest BCUT2D eigenvalue weighted by atomic mass is 16.7. The van der Waals surface area contributed by atoms with E-state index in [1.54, 1.807) is 5.57 Å². The third kappa shape index (κ3) is 8.17. The molecule has 0 aromatic heterocycles. The van der Waals surface area contributed by atoms with Crippen molar-refractivity contribution >= 4 is 6.09 Å². The number of hydrogen-bond donors (Lipinski definition) is 3. The van der Waals surface area contributed by atoms with E-state index in [0.29, 0.717) is 25.0 Å². The molecular formula is C39H67NO6. The van der Waals surface area contributed by atoms with Crippen LogP contribution in [0.25, 0.3) is 0 Å². The van der Waals surface area contributed by atoms with Crippen LogP contribution in [0.1, 0.15) is 137 Å². The molecule has 0 bridgehead atoms. The Morgan fingerprint density at radius 2 is 1.83 bits per heavy atom. The lowest BCUT2D eigenvalue weighted by atomic mass is 9.47. The van der Waals surface area contributed by atoms with Gasteiger partial charge in [-0.1, -0.05) is 78.4 Å². The van der Waals surface area contributed by atoms with Gasteiger partial charge in [0.15, 0.2) is 6.29 Å². The number of carbonyl (C=O) groups excluding carboxylic acids is 1. The van der Waals surface area contributed by atoms with Crippen LogP contribution in [0.3, 0.4) is 0 Å². The van der Waals surface area contributed by atoms with Crippen LogP contribution in [0.5, 0.6) is 0 Å². The van der Waals surface area contributed by atoms with E-state index in [1.165, 1.54) is 51.4 Å². The zero-order valence-corrected chi connectivity index (χ0v) is 29.8. The van der Waals surface area contributed by atoms with E-state index in [2.05, 4.69) is 46.0 Å². The number of nitrogens with one attached hydrogen (secondary N) is 1. The van der Waals surface area contributed by atoms with E-state index in [9.17, 15) is 9.90 Å². The largest absolute Gasteiger partial charge is 0.446 e. The van der Waals surface area contributed by atoms with Crippen LogP contribution in [-0.4, -0.2) is 60.7 Å². The van der Waals surface area contributed by atoms with Gasteiger partial charge in [0.2, 0.25) is 0 Å². The van der Waals surface area contributed by atoms with Gasteiger partial charge in [-0.05, 0) is 104 Å². The van der Waals surface area contributed by atoms with Crippen LogP contribution in [0.2, 0.25) is 0 Å². The molecular weight excluding hydrogens is 578 g/mol. The lowest BCUT2D eigenvalue weighted by molar-refractivity contribution is -0.143. The summed E-state index contributed by atoms with van der Waals surface area (Å²) in [7, 11) is 0. The molecule has 5 aliphatic rings. The smallest absolute Gasteiger partial charge is 0.407 e. The molecule has 1 heterocycles. The van der Waals surface area contributed by atoms with E-state index in [-0.39, 0.29) is 24.2 Å². The molecule has 4 aliphatic carbocycles. The zero-order chi connectivity index (χ0) is 32.9. The Hall–Kier alpha value is -1.15. The Bertz CT molecular complexity index is 1020. The predicted octanol–water partition coefficient (Wildman–Crippen LogP) is 8.17. The number of fused-ring (bicyclic) bond motifs is 5. The molecule has 1 amide bonds. The Kier molecular flexibility index (Phi) is 12.6. The predicted molar refractivity (Wildman–Crippen MR) is 182 cm³/mol. The van der Waals surface area contributed by atoms with Crippen molar-refractivity contribution in [2.24, 2.45) is 46.3 Å². The van der Waals surface area contributed by atoms with Crippen molar-refractivity contribution in [2.45, 2.75) is 162 Å². The maximum Gasteiger partial charge on any atom is 0.407 e. The summed E-state index contributed by atoms with van der Waals surface area (Å²) >= 11 is 0. The molecule has 1 aliphatic heterocycles. The summed E-state index contributed by atoms with van der Waals surface area (Å²) in [6.07, 6.45) is 19.0. The molecule has 2 unspecified atom stereocenters. The van der Waals surface area contributed by atoms with Crippen LogP contribution in [-0.2, 0) is 14.2 Å². The van der Waals surface area contributed by atoms with Crippen molar-refractivity contribution in [3.05, 3.63) is 11.6 Å². The third-order valence-electron chi connectivity index (χ3n) is 13.5. The number of aliphatic hydroxyl groups is 2. The number of hydrogen-bond acceptors (Lipinski definition) is 6. The van der Waals surface area contributed by atoms with E-state index in [1.807, 2.05) is 0 Å². The second kappa shape index (κ2) is 16.0. The van der Waals surface area contributed by atoms with Crippen LogP contribution < -0.4 is 5.32 Å². The van der Waals surface area contributed by atoms with Crippen molar-refractivity contribution in [1.82, 2.24) is 5.32 Å². The minimum absolute atomic E-state index is 0.00816. The van der Waals surface area contributed by atoms with Crippen molar-refractivity contribution in [2.75, 3.05) is 19.8 Å². The van der Waals surface area contributed by atoms with Crippen molar-refractivity contribution in [1.29, 1.82) is 0 Å². The van der Waals surface area contributed by atoms with Gasteiger partial charge >= 0.3 is 6.09 Å². The number of unbranched alkanes of at least 4 members (excludes halogenated alkanes) is 3. The fraction of sp³-hybridized carbons (Fsp3) is 0.923. The minimum Gasteiger partial charge on any atom is -0.446 e. The molecule has 7 heteroatoms. The molecule has 7 nitrogen and oxygen atoms in total. The first kappa shape index (κ1) is 36.1. The summed E-state index contributed by atoms with van der Waals surface area (Å²) < 4.78 is 17.1. The minimum atomic E-state index is -0.655. The van der Waals surface area contributed by atoms with Gasteiger partial charge in [0, 0.05) is 26.0 Å². The van der Waals surface area contributed by atoms with Crippen LogP contribution in [0.15, 0.2) is 11.6 Å². The Balaban J connectivity index is 1.01. The second-order valence-corrected chi connectivity index (χ2v) is 16.9. The van der Waals surface area contributed by atoms with Gasteiger partial charge in [0.25, 0.3) is 0 Å². The summed E-state index contributed by atoms with van der Waals surface area (Å²) in [6.45, 7) is 13.5. The highest BCUT2D eigenvalue weighted by Gasteiger charge is 2.59. The lowest BCUT2D eigenvalue weighted by Gasteiger charge is -2.58. The molecule has 0 aromatic rings. The number of rotatable bonds is 15. The SMILES string of the molecule is CC(C)CCCC(C)[C@H]1CC[C@@H]2C3CC=C4C[C@@H](OC(=O)NCCCCCCO[C@@H]5C[C@H](O)[C@@H](CO)O5)CC[C@]4(C)[C@@H]3CC[C@]12C. The standard InChI is InChI=1S/C39H67NO6/c1-26(2)11-10-12-27(3)31-15-16-32-30-14-13-28-23-29(17-19-38(28,4)33(30)18-20-39(31,32)5)45-37(43)40-21-8-6-7-9-22-44-36-24-34(42)35(25-41)46-36/h13,26-27,29-36,41-42H,6-12,14-25H2,1-5H3,(H,40,43)/t27?,29-,30?,31+,32+,33+,34-,35+,36-,38-,39+/m0/s1. The zero-order valence-electron chi connectivity index (χ0n) is 29.8. The summed E-state index contributed by atoms with van der Waals surface area (Å²) in [6, 6.07) is 0. The average Bonchev–Trinajstić information content (AvgIpc) is 3.56. The molecule has 46 heavy (non-hydrogen) atoms. The van der Waals surface area contributed by atoms with Gasteiger partial charge in [-0.3, -0.25) is 0 Å². The molecule has 0 spiro atoms. The summed E-state index contributed by atoms with van der Waals surface area (Å²) in [5.74, 6) is 5.06. The molecule has 1 saturated heterocycles. The summed E-state index contributed by atoms with van der Waals surface area (Å²) in [5, 5.41) is 21.9. The average molecular weight is 646 g/mol. The summed E-state index contributed by atoms with van der Waals surface area (Å²) in [5.41, 5.74) is 2.37. The lowest BCUT2D eigenvalue weighted by Crippen LogP contribution is -2.51. The van der Waals surface area contributed by atoms with E-state index < -0.39 is 18.5 Å². The normalized spacial score (nSPS) is 39.3. The molecule has 0 aromatic carbocycles. The van der Waals surface area contributed by atoms with Gasteiger partial charge in [-0.2, -0.15) is 0 Å². The van der Waals surface area contributed by atoms with Gasteiger partial charge < -0.3 is 29.7 Å². The molecule has 3 N–H and O–H groups in total. The molecule has 0 radical (unpaired) electrons. The van der Waals surface area contributed by atoms with Gasteiger partial charge in [0.05, 0.1) is 12.7 Å². The van der Waals surface area contributed by atoms with E-state index in [4.69, 9.17) is 19.3 Å². The van der Waals surface area contributed by atoms with E-state index in [0.717, 1.165) is 80.5 Å². The first-order valence-corrected chi connectivity index (χ1v) is 19.2. The van der Waals surface area contributed by atoms with Crippen molar-refractivity contribution < 1.29 is 29.2 Å².